The van der Waals surface area contributed by atoms with Gasteiger partial charge in [-0.1, -0.05) is 24.1 Å². The highest BCUT2D eigenvalue weighted by molar-refractivity contribution is 5.91. The minimum atomic E-state index is 0.188. The van der Waals surface area contributed by atoms with Gasteiger partial charge in [0.15, 0.2) is 0 Å². The summed E-state index contributed by atoms with van der Waals surface area (Å²) in [5.74, 6) is 2.78. The predicted octanol–water partition coefficient (Wildman–Crippen LogP) is 3.19. The molecule has 0 aliphatic rings. The number of fused-ring (bicyclic) bond motifs is 1. The number of phenolic OH excluding ortho intramolecular Hbond substituents is 1. The fraction of sp³-hybridized carbons (Fsp3) is 0. The van der Waals surface area contributed by atoms with Gasteiger partial charge in [0.25, 0.3) is 0 Å². The minimum Gasteiger partial charge on any atom is -0.508 e. The Balaban J connectivity index is 2.44. The first-order valence-electron chi connectivity index (χ1n) is 6.06. The molecular formula is C17H10N2O. The third kappa shape index (κ3) is 1.62. The molecule has 1 N–H and O–H groups in total. The summed E-state index contributed by atoms with van der Waals surface area (Å²) in [5.41, 5.74) is 2.71. The van der Waals surface area contributed by atoms with Gasteiger partial charge in [-0.25, -0.2) is 0 Å². The molecule has 0 fully saturated rings. The van der Waals surface area contributed by atoms with Crippen LogP contribution in [0.4, 0.5) is 0 Å². The fourth-order valence-electron chi connectivity index (χ4n) is 2.36. The van der Waals surface area contributed by atoms with Crippen LogP contribution in [0, 0.1) is 23.7 Å². The van der Waals surface area contributed by atoms with Crippen LogP contribution in [0.3, 0.4) is 0 Å². The molecule has 0 bridgehead atoms. The van der Waals surface area contributed by atoms with Crippen LogP contribution in [-0.4, -0.2) is 9.67 Å². The van der Waals surface area contributed by atoms with E-state index in [1.807, 2.05) is 28.8 Å². The molecule has 3 aromatic rings. The van der Waals surface area contributed by atoms with Crippen molar-refractivity contribution in [2.45, 2.75) is 0 Å². The standard InChI is InChI=1S/C17H10N2O/c1-2-16-15(11-18)14-5-3-4-6-17(14)19(16)12-7-9-13(20)10-8-12/h1,3-10,20H. The van der Waals surface area contributed by atoms with E-state index >= 15 is 0 Å². The van der Waals surface area contributed by atoms with Crippen molar-refractivity contribution in [2.24, 2.45) is 0 Å². The average Bonchev–Trinajstić information content (AvgIpc) is 2.81. The first-order valence-corrected chi connectivity index (χ1v) is 6.06. The first-order chi connectivity index (χ1) is 9.76. The number of terminal acetylenes is 1. The van der Waals surface area contributed by atoms with Gasteiger partial charge in [-0.3, -0.25) is 0 Å². The maximum absolute atomic E-state index is 9.39. The Kier molecular flexibility index (Phi) is 2.67. The largest absolute Gasteiger partial charge is 0.508 e. The number of aromatic hydroxyl groups is 1. The number of phenols is 1. The monoisotopic (exact) mass is 258 g/mol. The van der Waals surface area contributed by atoms with Gasteiger partial charge in [0.05, 0.1) is 11.1 Å². The van der Waals surface area contributed by atoms with Crippen molar-refractivity contribution in [3.8, 4) is 29.8 Å². The van der Waals surface area contributed by atoms with E-state index in [2.05, 4.69) is 12.0 Å². The van der Waals surface area contributed by atoms with E-state index in [9.17, 15) is 10.4 Å². The smallest absolute Gasteiger partial charge is 0.115 e. The van der Waals surface area contributed by atoms with Gasteiger partial charge >= 0.3 is 0 Å². The highest BCUT2D eigenvalue weighted by Gasteiger charge is 2.16. The zero-order valence-corrected chi connectivity index (χ0v) is 10.5. The second kappa shape index (κ2) is 4.50. The maximum Gasteiger partial charge on any atom is 0.115 e. The number of hydrogen-bond acceptors (Lipinski definition) is 2. The number of benzene rings is 2. The molecule has 0 unspecified atom stereocenters. The number of aromatic nitrogens is 1. The number of hydrogen-bond donors (Lipinski definition) is 1. The summed E-state index contributed by atoms with van der Waals surface area (Å²) in [4.78, 5) is 0. The molecule has 3 heteroatoms. The molecular weight excluding hydrogens is 248 g/mol. The number of nitriles is 1. The fourth-order valence-corrected chi connectivity index (χ4v) is 2.36. The lowest BCUT2D eigenvalue weighted by molar-refractivity contribution is 0.475. The third-order valence-corrected chi connectivity index (χ3v) is 3.23. The van der Waals surface area contributed by atoms with Crippen molar-refractivity contribution in [2.75, 3.05) is 0 Å². The Morgan fingerprint density at radius 1 is 1.05 bits per heavy atom. The highest BCUT2D eigenvalue weighted by atomic mass is 16.3. The molecule has 0 atom stereocenters. The Labute approximate surface area is 116 Å². The van der Waals surface area contributed by atoms with Gasteiger partial charge in [0, 0.05) is 11.1 Å². The van der Waals surface area contributed by atoms with Gasteiger partial charge in [-0.05, 0) is 30.3 Å². The lowest BCUT2D eigenvalue weighted by Gasteiger charge is -2.07. The van der Waals surface area contributed by atoms with Gasteiger partial charge < -0.3 is 9.67 Å². The summed E-state index contributed by atoms with van der Waals surface area (Å²) in [6, 6.07) is 16.5. The second-order valence-electron chi connectivity index (χ2n) is 4.35. The van der Waals surface area contributed by atoms with Crippen molar-refractivity contribution in [1.29, 1.82) is 5.26 Å². The van der Waals surface area contributed by atoms with Gasteiger partial charge in [-0.15, -0.1) is 6.42 Å². The van der Waals surface area contributed by atoms with Crippen LogP contribution in [0.5, 0.6) is 5.75 Å². The predicted molar refractivity (Wildman–Crippen MR) is 77.6 cm³/mol. The lowest BCUT2D eigenvalue weighted by atomic mass is 10.1. The van der Waals surface area contributed by atoms with Crippen molar-refractivity contribution < 1.29 is 5.11 Å². The Hall–Kier alpha value is -3.17. The summed E-state index contributed by atoms with van der Waals surface area (Å²) in [6.45, 7) is 0. The van der Waals surface area contributed by atoms with Crippen LogP contribution < -0.4 is 0 Å². The zero-order chi connectivity index (χ0) is 14.1. The maximum atomic E-state index is 9.39. The molecule has 0 amide bonds. The topological polar surface area (TPSA) is 49.0 Å². The summed E-state index contributed by atoms with van der Waals surface area (Å²) in [5, 5.41) is 19.6. The summed E-state index contributed by atoms with van der Waals surface area (Å²) in [6.07, 6.45) is 5.59. The van der Waals surface area contributed by atoms with E-state index in [1.54, 1.807) is 24.3 Å². The van der Waals surface area contributed by atoms with E-state index in [1.165, 1.54) is 0 Å². The van der Waals surface area contributed by atoms with Crippen LogP contribution in [0.25, 0.3) is 16.6 Å². The van der Waals surface area contributed by atoms with E-state index in [-0.39, 0.29) is 5.75 Å². The second-order valence-corrected chi connectivity index (χ2v) is 4.35. The van der Waals surface area contributed by atoms with Crippen LogP contribution in [0.2, 0.25) is 0 Å². The normalized spacial score (nSPS) is 10.1. The molecule has 1 aromatic heterocycles. The highest BCUT2D eigenvalue weighted by Crippen LogP contribution is 2.29. The number of para-hydroxylation sites is 1. The molecule has 0 spiro atoms. The number of nitrogens with zero attached hydrogens (tertiary/aromatic N) is 2. The molecule has 2 aromatic carbocycles. The Morgan fingerprint density at radius 2 is 1.75 bits per heavy atom. The molecule has 0 saturated carbocycles. The van der Waals surface area contributed by atoms with Crippen molar-refractivity contribution in [1.82, 2.24) is 4.57 Å². The van der Waals surface area contributed by atoms with Crippen LogP contribution in [0.1, 0.15) is 11.3 Å². The zero-order valence-electron chi connectivity index (χ0n) is 10.5. The van der Waals surface area contributed by atoms with Gasteiger partial charge in [0.1, 0.15) is 17.5 Å². The molecule has 0 saturated heterocycles. The molecule has 3 nitrogen and oxygen atoms in total. The van der Waals surface area contributed by atoms with Crippen molar-refractivity contribution in [3.05, 3.63) is 59.8 Å². The lowest BCUT2D eigenvalue weighted by Crippen LogP contribution is -1.97. The SMILES string of the molecule is C#Cc1c(C#N)c2ccccc2n1-c1ccc(O)cc1. The van der Waals surface area contributed by atoms with Crippen LogP contribution >= 0.6 is 0 Å². The van der Waals surface area contributed by atoms with E-state index in [0.29, 0.717) is 11.3 Å². The van der Waals surface area contributed by atoms with E-state index in [0.717, 1.165) is 16.6 Å². The average molecular weight is 258 g/mol. The quantitative estimate of drug-likeness (QED) is 0.681. The molecule has 0 radical (unpaired) electrons. The Bertz CT molecular complexity index is 874. The molecule has 20 heavy (non-hydrogen) atoms. The minimum absolute atomic E-state index is 0.188. The molecule has 0 aliphatic carbocycles. The third-order valence-electron chi connectivity index (χ3n) is 3.23. The van der Waals surface area contributed by atoms with E-state index < -0.39 is 0 Å². The first kappa shape index (κ1) is 11.9. The van der Waals surface area contributed by atoms with Crippen LogP contribution in [-0.2, 0) is 0 Å². The summed E-state index contributed by atoms with van der Waals surface area (Å²) >= 11 is 0. The van der Waals surface area contributed by atoms with Crippen LogP contribution in [0.15, 0.2) is 48.5 Å². The Morgan fingerprint density at radius 3 is 2.40 bits per heavy atom. The van der Waals surface area contributed by atoms with Crippen molar-refractivity contribution in [3.63, 3.8) is 0 Å². The van der Waals surface area contributed by atoms with Gasteiger partial charge in [-0.2, -0.15) is 5.26 Å². The van der Waals surface area contributed by atoms with Gasteiger partial charge in [0.2, 0.25) is 0 Å². The van der Waals surface area contributed by atoms with Crippen molar-refractivity contribution >= 4 is 10.9 Å². The molecule has 0 aliphatic heterocycles. The molecule has 94 valence electrons. The molecule has 1 heterocycles. The summed E-state index contributed by atoms with van der Waals surface area (Å²) in [7, 11) is 0. The van der Waals surface area contributed by atoms with E-state index in [4.69, 9.17) is 6.42 Å². The summed E-state index contributed by atoms with van der Waals surface area (Å²) < 4.78 is 1.85. The molecule has 3 rings (SSSR count). The number of rotatable bonds is 1.